The molecule has 0 bridgehead atoms. The van der Waals surface area contributed by atoms with Gasteiger partial charge in [-0.2, -0.15) is 0 Å². The van der Waals surface area contributed by atoms with Crippen molar-refractivity contribution in [1.29, 1.82) is 0 Å². The first-order valence-electron chi connectivity index (χ1n) is 4.21. The molecule has 60 valence electrons. The minimum absolute atomic E-state index is 0.582. The van der Waals surface area contributed by atoms with E-state index in [1.807, 2.05) is 12.2 Å². The zero-order valence-corrected chi connectivity index (χ0v) is 6.53. The molecule has 1 fully saturated rings. The van der Waals surface area contributed by atoms with E-state index in [1.54, 1.807) is 0 Å². The topological polar surface area (TPSA) is 23.5 Å². The maximum Gasteiger partial charge on any atom is 0.0450 e. The van der Waals surface area contributed by atoms with Gasteiger partial charge in [0, 0.05) is 18.2 Å². The lowest BCUT2D eigenvalue weighted by molar-refractivity contribution is -0.0794. The summed E-state index contributed by atoms with van der Waals surface area (Å²) >= 11 is 0. The Kier molecular flexibility index (Phi) is 1.70. The summed E-state index contributed by atoms with van der Waals surface area (Å²) < 4.78 is 0. The lowest BCUT2D eigenvalue weighted by Crippen LogP contribution is -2.30. The number of piperidine rings is 1. The van der Waals surface area contributed by atoms with Crippen molar-refractivity contribution >= 4 is 0 Å². The van der Waals surface area contributed by atoms with Gasteiger partial charge in [-0.25, -0.2) is 0 Å². The van der Waals surface area contributed by atoms with E-state index in [4.69, 9.17) is 0 Å². The molecule has 2 aliphatic rings. The van der Waals surface area contributed by atoms with Gasteiger partial charge in [-0.15, -0.1) is 0 Å². The zero-order chi connectivity index (χ0) is 7.68. The van der Waals surface area contributed by atoms with Crippen LogP contribution in [0.3, 0.4) is 0 Å². The summed E-state index contributed by atoms with van der Waals surface area (Å²) in [6, 6.07) is 0. The molecule has 1 aliphatic carbocycles. The number of allylic oxidation sites excluding steroid dienone is 4. The van der Waals surface area contributed by atoms with E-state index in [0.29, 0.717) is 5.92 Å². The minimum Gasteiger partial charge on any atom is -0.289 e. The standard InChI is InChI=1S/C9H13NO/c11-10-7-3-5-8-4-1-2-6-9(8)10/h1-2,6,8,11H,3-5,7H2. The highest BCUT2D eigenvalue weighted by molar-refractivity contribution is 5.20. The fourth-order valence-corrected chi connectivity index (χ4v) is 1.85. The molecule has 0 radical (unpaired) electrons. The Bertz CT molecular complexity index is 208. The Balaban J connectivity index is 2.20. The van der Waals surface area contributed by atoms with Gasteiger partial charge in [0.05, 0.1) is 0 Å². The molecular weight excluding hydrogens is 138 g/mol. The van der Waals surface area contributed by atoms with Gasteiger partial charge in [0.25, 0.3) is 0 Å². The molecule has 1 N–H and O–H groups in total. The zero-order valence-electron chi connectivity index (χ0n) is 6.53. The van der Waals surface area contributed by atoms with E-state index in [9.17, 15) is 5.21 Å². The molecule has 2 rings (SSSR count). The van der Waals surface area contributed by atoms with Crippen LogP contribution in [0.15, 0.2) is 23.9 Å². The highest BCUT2D eigenvalue weighted by Crippen LogP contribution is 2.30. The molecule has 0 aromatic carbocycles. The number of nitrogens with zero attached hydrogens (tertiary/aromatic N) is 1. The summed E-state index contributed by atoms with van der Waals surface area (Å²) in [6.07, 6.45) is 9.67. The van der Waals surface area contributed by atoms with Crippen LogP contribution < -0.4 is 0 Å². The highest BCUT2D eigenvalue weighted by Gasteiger charge is 2.23. The van der Waals surface area contributed by atoms with Crippen molar-refractivity contribution < 1.29 is 5.21 Å². The SMILES string of the molecule is ON1CCCC2CC=CC=C21. The van der Waals surface area contributed by atoms with E-state index < -0.39 is 0 Å². The van der Waals surface area contributed by atoms with Gasteiger partial charge in [0.2, 0.25) is 0 Å². The van der Waals surface area contributed by atoms with Crippen molar-refractivity contribution in [2.24, 2.45) is 5.92 Å². The van der Waals surface area contributed by atoms with Crippen LogP contribution in [0.4, 0.5) is 0 Å². The minimum atomic E-state index is 0.582. The van der Waals surface area contributed by atoms with Crippen LogP contribution in [-0.4, -0.2) is 16.8 Å². The fraction of sp³-hybridized carbons (Fsp3) is 0.556. The second kappa shape index (κ2) is 2.70. The first-order valence-corrected chi connectivity index (χ1v) is 4.21. The van der Waals surface area contributed by atoms with E-state index in [0.717, 1.165) is 25.1 Å². The highest BCUT2D eigenvalue weighted by atomic mass is 16.5. The Hall–Kier alpha value is -0.760. The van der Waals surface area contributed by atoms with E-state index in [1.165, 1.54) is 11.5 Å². The molecule has 2 heteroatoms. The lowest BCUT2D eigenvalue weighted by Gasteiger charge is -2.33. The smallest absolute Gasteiger partial charge is 0.0450 e. The molecule has 0 aromatic rings. The van der Waals surface area contributed by atoms with Gasteiger partial charge in [-0.05, 0) is 25.3 Å². The second-order valence-corrected chi connectivity index (χ2v) is 3.22. The quantitative estimate of drug-likeness (QED) is 0.572. The predicted molar refractivity (Wildman–Crippen MR) is 43.1 cm³/mol. The first kappa shape index (κ1) is 6.92. The molecule has 0 saturated carbocycles. The Labute approximate surface area is 66.8 Å². The monoisotopic (exact) mass is 151 g/mol. The summed E-state index contributed by atoms with van der Waals surface area (Å²) in [6.45, 7) is 0.802. The molecule has 1 heterocycles. The van der Waals surface area contributed by atoms with Crippen LogP contribution in [0.5, 0.6) is 0 Å². The predicted octanol–water partition coefficient (Wildman–Crippen LogP) is 1.93. The molecule has 11 heavy (non-hydrogen) atoms. The van der Waals surface area contributed by atoms with E-state index in [-0.39, 0.29) is 0 Å². The third-order valence-electron chi connectivity index (χ3n) is 2.46. The van der Waals surface area contributed by atoms with Crippen LogP contribution >= 0.6 is 0 Å². The average Bonchev–Trinajstić information content (AvgIpc) is 2.06. The van der Waals surface area contributed by atoms with Crippen molar-refractivity contribution in [3.05, 3.63) is 23.9 Å². The molecule has 1 atom stereocenters. The molecule has 2 nitrogen and oxygen atoms in total. The Morgan fingerprint density at radius 2 is 2.45 bits per heavy atom. The maximum absolute atomic E-state index is 9.44. The van der Waals surface area contributed by atoms with Crippen LogP contribution in [0, 0.1) is 5.92 Å². The van der Waals surface area contributed by atoms with Crippen molar-refractivity contribution in [2.45, 2.75) is 19.3 Å². The molecule has 0 spiro atoms. The summed E-state index contributed by atoms with van der Waals surface area (Å²) in [5, 5.41) is 10.8. The molecule has 1 saturated heterocycles. The molecule has 0 aromatic heterocycles. The van der Waals surface area contributed by atoms with Gasteiger partial charge >= 0.3 is 0 Å². The number of rotatable bonds is 0. The van der Waals surface area contributed by atoms with Crippen LogP contribution in [-0.2, 0) is 0 Å². The van der Waals surface area contributed by atoms with Gasteiger partial charge in [0.1, 0.15) is 0 Å². The summed E-state index contributed by atoms with van der Waals surface area (Å²) in [5.74, 6) is 0.582. The van der Waals surface area contributed by atoms with Crippen molar-refractivity contribution in [1.82, 2.24) is 5.06 Å². The van der Waals surface area contributed by atoms with Crippen molar-refractivity contribution in [3.63, 3.8) is 0 Å². The molecule has 0 amide bonds. The van der Waals surface area contributed by atoms with Crippen molar-refractivity contribution in [2.75, 3.05) is 6.54 Å². The second-order valence-electron chi connectivity index (χ2n) is 3.22. The van der Waals surface area contributed by atoms with E-state index >= 15 is 0 Å². The number of hydrogen-bond acceptors (Lipinski definition) is 2. The third-order valence-corrected chi connectivity index (χ3v) is 2.46. The number of hydroxylamine groups is 2. The maximum atomic E-state index is 9.44. The summed E-state index contributed by atoms with van der Waals surface area (Å²) in [4.78, 5) is 0. The largest absolute Gasteiger partial charge is 0.289 e. The molecular formula is C9H13NO. The Morgan fingerprint density at radius 1 is 1.55 bits per heavy atom. The van der Waals surface area contributed by atoms with Gasteiger partial charge in [0.15, 0.2) is 0 Å². The fourth-order valence-electron chi connectivity index (χ4n) is 1.85. The van der Waals surface area contributed by atoms with Crippen LogP contribution in [0.25, 0.3) is 0 Å². The van der Waals surface area contributed by atoms with Crippen molar-refractivity contribution in [3.8, 4) is 0 Å². The first-order chi connectivity index (χ1) is 5.38. The normalized spacial score (nSPS) is 29.7. The molecule has 1 unspecified atom stereocenters. The number of fused-ring (bicyclic) bond motifs is 1. The van der Waals surface area contributed by atoms with Crippen LogP contribution in [0.2, 0.25) is 0 Å². The lowest BCUT2D eigenvalue weighted by atomic mass is 9.89. The Morgan fingerprint density at radius 3 is 3.27 bits per heavy atom. The van der Waals surface area contributed by atoms with Crippen LogP contribution in [0.1, 0.15) is 19.3 Å². The summed E-state index contributed by atoms with van der Waals surface area (Å²) in [7, 11) is 0. The van der Waals surface area contributed by atoms with E-state index in [2.05, 4.69) is 6.08 Å². The molecule has 1 aliphatic heterocycles. The van der Waals surface area contributed by atoms with Gasteiger partial charge < -0.3 is 0 Å². The average molecular weight is 151 g/mol. The summed E-state index contributed by atoms with van der Waals surface area (Å²) in [5.41, 5.74) is 1.11. The van der Waals surface area contributed by atoms with Gasteiger partial charge in [-0.3, -0.25) is 10.3 Å². The number of hydrogen-bond donors (Lipinski definition) is 1. The van der Waals surface area contributed by atoms with Gasteiger partial charge in [-0.1, -0.05) is 12.2 Å². The third kappa shape index (κ3) is 1.18.